The molecular weight excluding hydrogens is 631 g/mol. The van der Waals surface area contributed by atoms with Crippen LogP contribution in [0.15, 0.2) is 164 Å². The van der Waals surface area contributed by atoms with Gasteiger partial charge in [-0.3, -0.25) is 4.98 Å². The van der Waals surface area contributed by atoms with Gasteiger partial charge >= 0.3 is 0 Å². The lowest BCUT2D eigenvalue weighted by Gasteiger charge is -2.11. The number of fused-ring (bicyclic) bond motifs is 6. The van der Waals surface area contributed by atoms with Crippen LogP contribution in [0.4, 0.5) is 0 Å². The Kier molecular flexibility index (Phi) is 6.60. The van der Waals surface area contributed by atoms with Crippen LogP contribution in [0, 0.1) is 0 Å². The molecule has 6 heteroatoms. The molecule has 5 aromatic carbocycles. The van der Waals surface area contributed by atoms with Gasteiger partial charge in [0, 0.05) is 65.9 Å². The molecule has 0 atom stereocenters. The van der Waals surface area contributed by atoms with Crippen molar-refractivity contribution in [3.63, 3.8) is 0 Å². The fourth-order valence-electron chi connectivity index (χ4n) is 6.91. The zero-order valence-corrected chi connectivity index (χ0v) is 27.5. The highest BCUT2D eigenvalue weighted by Crippen LogP contribution is 2.41. The van der Waals surface area contributed by atoms with E-state index in [0.29, 0.717) is 5.82 Å². The normalized spacial score (nSPS) is 11.6. The SMILES string of the molecule is c1ccc(-c2cc(-c3ccccc3)nc(-c3ccc(-n4c5cc6sc7ccccc7c6cc5c5nc(-c6ccncc6)ccc54)cc3)n2)cc1. The second kappa shape index (κ2) is 11.6. The van der Waals surface area contributed by atoms with Crippen molar-refractivity contribution in [1.29, 1.82) is 0 Å². The molecule has 50 heavy (non-hydrogen) atoms. The van der Waals surface area contributed by atoms with Gasteiger partial charge in [0.25, 0.3) is 0 Å². The molecule has 0 unspecified atom stereocenters. The number of benzene rings is 5. The van der Waals surface area contributed by atoms with Crippen molar-refractivity contribution in [2.45, 2.75) is 0 Å². The maximum absolute atomic E-state index is 5.27. The van der Waals surface area contributed by atoms with Gasteiger partial charge in [0.15, 0.2) is 5.82 Å². The lowest BCUT2D eigenvalue weighted by atomic mass is 10.1. The summed E-state index contributed by atoms with van der Waals surface area (Å²) in [5, 5.41) is 3.66. The van der Waals surface area contributed by atoms with Gasteiger partial charge in [-0.2, -0.15) is 0 Å². The van der Waals surface area contributed by atoms with Crippen molar-refractivity contribution >= 4 is 53.4 Å². The quantitative estimate of drug-likeness (QED) is 0.185. The van der Waals surface area contributed by atoms with Gasteiger partial charge in [0.05, 0.1) is 33.6 Å². The third-order valence-electron chi connectivity index (χ3n) is 9.33. The minimum absolute atomic E-state index is 0.689. The Morgan fingerprint density at radius 1 is 0.420 bits per heavy atom. The van der Waals surface area contributed by atoms with E-state index in [0.717, 1.165) is 67.0 Å². The summed E-state index contributed by atoms with van der Waals surface area (Å²) in [5.74, 6) is 0.689. The highest BCUT2D eigenvalue weighted by atomic mass is 32.1. The van der Waals surface area contributed by atoms with Crippen molar-refractivity contribution in [2.75, 3.05) is 0 Å². The first-order chi connectivity index (χ1) is 24.8. The van der Waals surface area contributed by atoms with Crippen LogP contribution >= 0.6 is 11.3 Å². The van der Waals surface area contributed by atoms with Gasteiger partial charge < -0.3 is 4.57 Å². The van der Waals surface area contributed by atoms with E-state index in [1.165, 1.54) is 20.2 Å². The number of rotatable bonds is 5. The van der Waals surface area contributed by atoms with Gasteiger partial charge in [-0.05, 0) is 72.8 Å². The van der Waals surface area contributed by atoms with Crippen molar-refractivity contribution in [2.24, 2.45) is 0 Å². The minimum atomic E-state index is 0.689. The summed E-state index contributed by atoms with van der Waals surface area (Å²) in [6.45, 7) is 0. The first kappa shape index (κ1) is 28.5. The molecular formula is C44H27N5S. The average molecular weight is 658 g/mol. The third kappa shape index (κ3) is 4.77. The predicted octanol–water partition coefficient (Wildman–Crippen LogP) is 11.4. The second-order valence-electron chi connectivity index (χ2n) is 12.3. The number of aromatic nitrogens is 5. The summed E-state index contributed by atoms with van der Waals surface area (Å²) in [6.07, 6.45) is 3.63. The third-order valence-corrected chi connectivity index (χ3v) is 10.5. The molecule has 10 rings (SSSR count). The van der Waals surface area contributed by atoms with E-state index in [-0.39, 0.29) is 0 Å². The number of thiophene rings is 1. The van der Waals surface area contributed by atoms with Gasteiger partial charge in [-0.15, -0.1) is 11.3 Å². The van der Waals surface area contributed by atoms with Gasteiger partial charge in [0.1, 0.15) is 0 Å². The molecule has 5 nitrogen and oxygen atoms in total. The van der Waals surface area contributed by atoms with Gasteiger partial charge in [-0.1, -0.05) is 78.9 Å². The molecule has 0 saturated carbocycles. The molecule has 0 radical (unpaired) electrons. The molecule has 5 heterocycles. The molecule has 234 valence electrons. The standard InChI is InChI=1S/C44H27N5S/c1-3-9-28(10-4-1)37-26-38(29-11-5-2-6-12-29)48-44(47-37)31-15-17-32(18-16-31)49-39-20-19-36(30-21-23-45-24-22-30)46-43(39)35-25-34-33-13-7-8-14-41(33)50-42(34)27-40(35)49/h1-27H. The Morgan fingerprint density at radius 3 is 1.80 bits per heavy atom. The van der Waals surface area contributed by atoms with Crippen LogP contribution < -0.4 is 0 Å². The molecule has 0 aliphatic heterocycles. The summed E-state index contributed by atoms with van der Waals surface area (Å²) in [5.41, 5.74) is 11.0. The Hall–Kier alpha value is -6.50. The molecule has 0 bridgehead atoms. The minimum Gasteiger partial charge on any atom is -0.308 e. The van der Waals surface area contributed by atoms with Crippen molar-refractivity contribution in [3.05, 3.63) is 164 Å². The maximum atomic E-state index is 5.27. The maximum Gasteiger partial charge on any atom is 0.160 e. The van der Waals surface area contributed by atoms with Crippen molar-refractivity contribution in [3.8, 4) is 50.8 Å². The fraction of sp³-hybridized carbons (Fsp3) is 0. The van der Waals surface area contributed by atoms with Crippen LogP contribution in [-0.4, -0.2) is 24.5 Å². The van der Waals surface area contributed by atoms with E-state index < -0.39 is 0 Å². The van der Waals surface area contributed by atoms with Gasteiger partial charge in [-0.25, -0.2) is 15.0 Å². The summed E-state index contributed by atoms with van der Waals surface area (Å²) in [7, 11) is 0. The topological polar surface area (TPSA) is 56.5 Å². The summed E-state index contributed by atoms with van der Waals surface area (Å²) < 4.78 is 4.87. The molecule has 0 saturated heterocycles. The summed E-state index contributed by atoms with van der Waals surface area (Å²) >= 11 is 1.83. The van der Waals surface area contributed by atoms with E-state index >= 15 is 0 Å². The molecule has 0 N–H and O–H groups in total. The highest BCUT2D eigenvalue weighted by Gasteiger charge is 2.18. The number of nitrogens with zero attached hydrogens (tertiary/aromatic N) is 5. The van der Waals surface area contributed by atoms with E-state index in [1.54, 1.807) is 0 Å². The molecule has 0 fully saturated rings. The monoisotopic (exact) mass is 657 g/mol. The Balaban J connectivity index is 1.15. The Bertz CT molecular complexity index is 2780. The number of hydrogen-bond donors (Lipinski definition) is 0. The van der Waals surface area contributed by atoms with Crippen LogP contribution in [0.5, 0.6) is 0 Å². The number of hydrogen-bond acceptors (Lipinski definition) is 5. The second-order valence-corrected chi connectivity index (χ2v) is 13.4. The summed E-state index contributed by atoms with van der Waals surface area (Å²) in [6, 6.07) is 52.9. The van der Waals surface area contributed by atoms with Crippen LogP contribution in [0.25, 0.3) is 93.0 Å². The largest absolute Gasteiger partial charge is 0.308 e. The molecule has 10 aromatic rings. The molecule has 0 spiro atoms. The smallest absolute Gasteiger partial charge is 0.160 e. The highest BCUT2D eigenvalue weighted by molar-refractivity contribution is 7.25. The molecule has 5 aromatic heterocycles. The molecule has 0 amide bonds. The first-order valence-electron chi connectivity index (χ1n) is 16.5. The zero-order chi connectivity index (χ0) is 33.0. The van der Waals surface area contributed by atoms with Crippen LogP contribution in [0.1, 0.15) is 0 Å². The van der Waals surface area contributed by atoms with Crippen molar-refractivity contribution in [1.82, 2.24) is 24.5 Å². The van der Waals surface area contributed by atoms with Crippen LogP contribution in [0.3, 0.4) is 0 Å². The predicted molar refractivity (Wildman–Crippen MR) is 207 cm³/mol. The fourth-order valence-corrected chi connectivity index (χ4v) is 8.03. The lowest BCUT2D eigenvalue weighted by Crippen LogP contribution is -1.97. The van der Waals surface area contributed by atoms with Gasteiger partial charge in [0.2, 0.25) is 0 Å². The van der Waals surface area contributed by atoms with Crippen molar-refractivity contribution < 1.29 is 0 Å². The van der Waals surface area contributed by atoms with E-state index in [1.807, 2.05) is 72.3 Å². The summed E-state index contributed by atoms with van der Waals surface area (Å²) in [4.78, 5) is 19.6. The first-order valence-corrected chi connectivity index (χ1v) is 17.4. The molecule has 0 aliphatic carbocycles. The lowest BCUT2D eigenvalue weighted by molar-refractivity contribution is 1.16. The average Bonchev–Trinajstić information content (AvgIpc) is 3.72. The zero-order valence-electron chi connectivity index (χ0n) is 26.7. The Morgan fingerprint density at radius 2 is 1.08 bits per heavy atom. The number of pyridine rings is 2. The Labute approximate surface area is 291 Å². The molecule has 0 aliphatic rings. The van der Waals surface area contributed by atoms with Crippen LogP contribution in [0.2, 0.25) is 0 Å². The van der Waals surface area contributed by atoms with E-state index in [4.69, 9.17) is 15.0 Å². The van der Waals surface area contributed by atoms with Crippen LogP contribution in [-0.2, 0) is 0 Å². The van der Waals surface area contributed by atoms with E-state index in [9.17, 15) is 0 Å². The van der Waals surface area contributed by atoms with E-state index in [2.05, 4.69) is 113 Å².